The second-order valence-corrected chi connectivity index (χ2v) is 24.0. The Hall–Kier alpha value is -5.67. The van der Waals surface area contributed by atoms with Gasteiger partial charge in [-0.2, -0.15) is 0 Å². The van der Waals surface area contributed by atoms with Gasteiger partial charge in [0.05, 0.1) is 119 Å². The standard InChI is InChI=1S/C60H78N3O18P3/c1-7-19-55(20-8-1)70-43-31-64-37-49-76-82(77-50-38-65-32-44-71-56-21-9-2-10-22-56)61-83(78-51-39-66-33-45-72-57-23-11-3-12-24-57,79-52-40-67-34-46-73-58-25-13-4-14-26-58)63-84(62-82,80-53-41-68-35-47-74-59-27-15-5-16-28-59)81-54-42-69-36-48-75-60-29-17-6-18-30-60/h1-30H,31-54H2. The molecule has 1 heterocycles. The average Bonchev–Trinajstić information content (AvgIpc) is 1.30. The Morgan fingerprint density at radius 3 is 0.476 bits per heavy atom. The lowest BCUT2D eigenvalue weighted by Gasteiger charge is -2.33. The molecular weight excluding hydrogens is 1140 g/mol. The van der Waals surface area contributed by atoms with Crippen LogP contribution in [0.25, 0.3) is 0 Å². The summed E-state index contributed by atoms with van der Waals surface area (Å²) in [5.41, 5.74) is 0. The smallest absolute Gasteiger partial charge is 0.349 e. The summed E-state index contributed by atoms with van der Waals surface area (Å²) in [5, 5.41) is 0. The first kappa shape index (κ1) is 65.9. The molecule has 6 aromatic rings. The topological polar surface area (TPSA) is 203 Å². The fourth-order valence-electron chi connectivity index (χ4n) is 7.22. The van der Waals surface area contributed by atoms with E-state index in [1.54, 1.807) is 0 Å². The molecular formula is C60H78N3O18P3. The van der Waals surface area contributed by atoms with Crippen LogP contribution in [0.1, 0.15) is 0 Å². The van der Waals surface area contributed by atoms with Crippen LogP contribution in [-0.2, 0) is 55.6 Å². The highest BCUT2D eigenvalue weighted by atomic mass is 31.3. The molecule has 1 aliphatic heterocycles. The number of benzene rings is 6. The maximum atomic E-state index is 6.73. The molecule has 0 N–H and O–H groups in total. The van der Waals surface area contributed by atoms with Crippen molar-refractivity contribution < 1.29 is 84.0 Å². The van der Waals surface area contributed by atoms with Crippen LogP contribution in [0.15, 0.2) is 196 Å². The van der Waals surface area contributed by atoms with Gasteiger partial charge in [0.1, 0.15) is 74.1 Å². The van der Waals surface area contributed by atoms with E-state index in [-0.39, 0.29) is 119 Å². The monoisotopic (exact) mass is 1220 g/mol. The van der Waals surface area contributed by atoms with Gasteiger partial charge in [-0.3, -0.25) is 0 Å². The van der Waals surface area contributed by atoms with Gasteiger partial charge >= 0.3 is 23.0 Å². The molecule has 0 aromatic heterocycles. The van der Waals surface area contributed by atoms with E-state index in [0.29, 0.717) is 39.6 Å². The van der Waals surface area contributed by atoms with Crippen LogP contribution in [0.5, 0.6) is 34.5 Å². The molecule has 0 saturated carbocycles. The van der Waals surface area contributed by atoms with Crippen molar-refractivity contribution in [3.05, 3.63) is 182 Å². The number of nitrogens with zero attached hydrogens (tertiary/aromatic N) is 3. The number of ether oxygens (including phenoxy) is 12. The van der Waals surface area contributed by atoms with Gasteiger partial charge in [0.15, 0.2) is 0 Å². The Labute approximate surface area is 493 Å². The largest absolute Gasteiger partial charge is 0.491 e. The zero-order valence-electron chi connectivity index (χ0n) is 47.3. The van der Waals surface area contributed by atoms with E-state index in [9.17, 15) is 0 Å². The summed E-state index contributed by atoms with van der Waals surface area (Å²) in [6.45, 7) is 3.77. The lowest BCUT2D eigenvalue weighted by molar-refractivity contribution is 0.0574. The molecule has 7 rings (SSSR count). The van der Waals surface area contributed by atoms with Crippen molar-refractivity contribution in [2.45, 2.75) is 0 Å². The average molecular weight is 1220 g/mol. The first-order valence-corrected chi connectivity index (χ1v) is 32.5. The number of hydrogen-bond donors (Lipinski definition) is 0. The molecule has 0 aliphatic carbocycles. The Kier molecular flexibility index (Phi) is 31.8. The summed E-state index contributed by atoms with van der Waals surface area (Å²) in [6, 6.07) is 56.9. The minimum Gasteiger partial charge on any atom is -0.491 e. The summed E-state index contributed by atoms with van der Waals surface area (Å²) in [4.78, 5) is 0. The quantitative estimate of drug-likeness (QED) is 0.0257. The Morgan fingerprint density at radius 2 is 0.321 bits per heavy atom. The lowest BCUT2D eigenvalue weighted by atomic mass is 10.3. The predicted molar refractivity (Wildman–Crippen MR) is 320 cm³/mol. The summed E-state index contributed by atoms with van der Waals surface area (Å²) in [5.74, 6) is 4.35. The SMILES string of the molecule is c1ccc(OCCOCCOP2(OCCOCCOc3ccccc3)=NP(OCCOCCOc3ccccc3)(OCCOCCOc3ccccc3)=NP(OCCOCCOc3ccccc3)(OCCOCCOc3ccccc3)=N2)cc1. The van der Waals surface area contributed by atoms with E-state index in [4.69, 9.17) is 97.5 Å². The molecule has 0 bridgehead atoms. The zero-order valence-corrected chi connectivity index (χ0v) is 50.0. The van der Waals surface area contributed by atoms with Crippen LogP contribution in [0.3, 0.4) is 0 Å². The van der Waals surface area contributed by atoms with Gasteiger partial charge in [-0.1, -0.05) is 109 Å². The number of hydrogen-bond acceptors (Lipinski definition) is 21. The van der Waals surface area contributed by atoms with Crippen LogP contribution < -0.4 is 28.4 Å². The van der Waals surface area contributed by atoms with Crippen LogP contribution >= 0.6 is 23.0 Å². The number of rotatable bonds is 48. The molecule has 21 nitrogen and oxygen atoms in total. The Morgan fingerprint density at radius 1 is 0.179 bits per heavy atom. The van der Waals surface area contributed by atoms with Crippen molar-refractivity contribution in [1.29, 1.82) is 0 Å². The molecule has 6 aromatic carbocycles. The van der Waals surface area contributed by atoms with Gasteiger partial charge in [-0.05, 0) is 72.8 Å². The molecule has 0 radical (unpaired) electrons. The first-order chi connectivity index (χ1) is 41.6. The van der Waals surface area contributed by atoms with Crippen LogP contribution in [0.4, 0.5) is 0 Å². The van der Waals surface area contributed by atoms with Gasteiger partial charge in [-0.25, -0.2) is 0 Å². The van der Waals surface area contributed by atoms with Crippen molar-refractivity contribution in [1.82, 2.24) is 0 Å². The third kappa shape index (κ3) is 27.1. The van der Waals surface area contributed by atoms with Crippen LogP contribution in [0.2, 0.25) is 0 Å². The molecule has 0 amide bonds. The molecule has 1 aliphatic rings. The van der Waals surface area contributed by atoms with Gasteiger partial charge in [0.25, 0.3) is 0 Å². The zero-order chi connectivity index (χ0) is 58.0. The second-order valence-electron chi connectivity index (χ2n) is 17.4. The van der Waals surface area contributed by atoms with Gasteiger partial charge in [0.2, 0.25) is 0 Å². The van der Waals surface area contributed by atoms with E-state index < -0.39 is 23.0 Å². The third-order valence-electron chi connectivity index (χ3n) is 11.0. The molecule has 0 spiro atoms. The molecule has 24 heteroatoms. The van der Waals surface area contributed by atoms with Crippen molar-refractivity contribution in [3.8, 4) is 34.5 Å². The van der Waals surface area contributed by atoms with Gasteiger partial charge < -0.3 is 84.0 Å². The Balaban J connectivity index is 1.14. The number of para-hydroxylation sites is 6. The van der Waals surface area contributed by atoms with E-state index >= 15 is 0 Å². The summed E-state index contributed by atoms with van der Waals surface area (Å²) >= 11 is 0. The molecule has 0 fully saturated rings. The van der Waals surface area contributed by atoms with Crippen molar-refractivity contribution in [2.75, 3.05) is 159 Å². The maximum Gasteiger partial charge on any atom is 0.349 e. The van der Waals surface area contributed by atoms with Crippen molar-refractivity contribution in [3.63, 3.8) is 0 Å². The molecule has 456 valence electrons. The summed E-state index contributed by atoms with van der Waals surface area (Å²) in [6.07, 6.45) is 0. The fourth-order valence-corrected chi connectivity index (χ4v) is 16.6. The Bertz CT molecular complexity index is 2300. The molecule has 84 heavy (non-hydrogen) atoms. The minimum atomic E-state index is -3.95. The van der Waals surface area contributed by atoms with Crippen molar-refractivity contribution >= 4 is 23.0 Å². The normalized spacial score (nSPS) is 13.9. The molecule has 0 saturated heterocycles. The van der Waals surface area contributed by atoms with Gasteiger partial charge in [-0.15, -0.1) is 13.5 Å². The van der Waals surface area contributed by atoms with Crippen LogP contribution in [0, 0.1) is 0 Å². The van der Waals surface area contributed by atoms with E-state index in [1.165, 1.54) is 0 Å². The first-order valence-electron chi connectivity index (χ1n) is 27.9. The highest BCUT2D eigenvalue weighted by Gasteiger charge is 2.43. The highest BCUT2D eigenvalue weighted by Crippen LogP contribution is 2.80. The van der Waals surface area contributed by atoms with E-state index in [2.05, 4.69) is 0 Å². The minimum absolute atomic E-state index is 0.0397. The molecule has 0 atom stereocenters. The van der Waals surface area contributed by atoms with E-state index in [1.807, 2.05) is 182 Å². The second kappa shape index (κ2) is 40.6. The fraction of sp³-hybridized carbons (Fsp3) is 0.400. The van der Waals surface area contributed by atoms with Crippen LogP contribution in [-0.4, -0.2) is 159 Å². The molecule has 0 unspecified atom stereocenters. The predicted octanol–water partition coefficient (Wildman–Crippen LogP) is 12.5. The highest BCUT2D eigenvalue weighted by molar-refractivity contribution is 7.78. The van der Waals surface area contributed by atoms with E-state index in [0.717, 1.165) is 34.5 Å². The van der Waals surface area contributed by atoms with Crippen molar-refractivity contribution in [2.24, 2.45) is 13.5 Å². The lowest BCUT2D eigenvalue weighted by Crippen LogP contribution is -2.16. The third-order valence-corrected chi connectivity index (χ3v) is 19.6. The summed E-state index contributed by atoms with van der Waals surface area (Å²) in [7, 11) is -11.9. The van der Waals surface area contributed by atoms with Gasteiger partial charge in [0, 0.05) is 0 Å². The maximum absolute atomic E-state index is 6.73. The summed E-state index contributed by atoms with van der Waals surface area (Å²) < 4.78 is 127.